The summed E-state index contributed by atoms with van der Waals surface area (Å²) in [5, 5.41) is 3.35. The SMILES string of the molecule is CCN1CCN(C(=O)Nc2cncc(Cl)c2)CC1c1nccn1C. The van der Waals surface area contributed by atoms with Crippen molar-refractivity contribution in [3.63, 3.8) is 0 Å². The third kappa shape index (κ3) is 3.52. The molecule has 0 radical (unpaired) electrons. The highest BCUT2D eigenvalue weighted by atomic mass is 35.5. The van der Waals surface area contributed by atoms with Crippen molar-refractivity contribution in [3.05, 3.63) is 41.7 Å². The minimum absolute atomic E-state index is 0.0898. The number of carbonyl (C=O) groups excluding carboxylic acids is 1. The Kier molecular flexibility index (Phi) is 5.01. The summed E-state index contributed by atoms with van der Waals surface area (Å²) in [6.45, 7) is 5.14. The minimum atomic E-state index is -0.144. The molecule has 24 heavy (non-hydrogen) atoms. The number of urea groups is 1. The fourth-order valence-corrected chi connectivity index (χ4v) is 3.18. The van der Waals surface area contributed by atoms with Gasteiger partial charge in [-0.25, -0.2) is 9.78 Å². The lowest BCUT2D eigenvalue weighted by atomic mass is 10.1. The maximum absolute atomic E-state index is 12.6. The molecule has 3 heterocycles. The van der Waals surface area contributed by atoms with Crippen LogP contribution in [0.4, 0.5) is 10.5 Å². The first-order valence-corrected chi connectivity index (χ1v) is 8.34. The maximum atomic E-state index is 12.6. The maximum Gasteiger partial charge on any atom is 0.322 e. The zero-order valence-electron chi connectivity index (χ0n) is 13.8. The number of pyridine rings is 1. The summed E-state index contributed by atoms with van der Waals surface area (Å²) >= 11 is 5.92. The molecule has 2 aromatic heterocycles. The van der Waals surface area contributed by atoms with Crippen LogP contribution >= 0.6 is 11.6 Å². The smallest absolute Gasteiger partial charge is 0.322 e. The topological polar surface area (TPSA) is 66.3 Å². The minimum Gasteiger partial charge on any atom is -0.337 e. The van der Waals surface area contributed by atoms with Gasteiger partial charge in [0.1, 0.15) is 5.82 Å². The molecule has 1 aliphatic rings. The molecule has 0 saturated carbocycles. The van der Waals surface area contributed by atoms with Gasteiger partial charge in [0.25, 0.3) is 0 Å². The van der Waals surface area contributed by atoms with E-state index in [1.165, 1.54) is 6.20 Å². The van der Waals surface area contributed by atoms with Crippen LogP contribution in [-0.2, 0) is 7.05 Å². The number of amides is 2. The van der Waals surface area contributed by atoms with E-state index in [4.69, 9.17) is 11.6 Å². The number of rotatable bonds is 3. The van der Waals surface area contributed by atoms with Gasteiger partial charge in [0.2, 0.25) is 0 Å². The lowest BCUT2D eigenvalue weighted by Gasteiger charge is -2.40. The van der Waals surface area contributed by atoms with E-state index < -0.39 is 0 Å². The Morgan fingerprint density at radius 2 is 2.25 bits per heavy atom. The van der Waals surface area contributed by atoms with Crippen LogP contribution in [0.25, 0.3) is 0 Å². The molecule has 1 N–H and O–H groups in total. The predicted octanol–water partition coefficient (Wildman–Crippen LogP) is 2.38. The molecule has 128 valence electrons. The molecule has 0 bridgehead atoms. The number of nitrogens with one attached hydrogen (secondary N) is 1. The molecule has 0 aliphatic carbocycles. The molecule has 1 aliphatic heterocycles. The summed E-state index contributed by atoms with van der Waals surface area (Å²) in [4.78, 5) is 25.2. The van der Waals surface area contributed by atoms with Crippen molar-refractivity contribution in [1.29, 1.82) is 0 Å². The first kappa shape index (κ1) is 16.7. The first-order chi connectivity index (χ1) is 11.6. The fourth-order valence-electron chi connectivity index (χ4n) is 3.01. The van der Waals surface area contributed by atoms with Crippen LogP contribution in [0.2, 0.25) is 5.02 Å². The number of imidazole rings is 1. The number of halogens is 1. The molecule has 1 unspecified atom stereocenters. The summed E-state index contributed by atoms with van der Waals surface area (Å²) in [7, 11) is 1.98. The normalized spacial score (nSPS) is 18.6. The Morgan fingerprint density at radius 1 is 1.42 bits per heavy atom. The summed E-state index contributed by atoms with van der Waals surface area (Å²) in [6.07, 6.45) is 6.84. The molecule has 2 aromatic rings. The molecule has 8 heteroatoms. The number of nitrogens with zero attached hydrogens (tertiary/aromatic N) is 5. The predicted molar refractivity (Wildman–Crippen MR) is 93.0 cm³/mol. The van der Waals surface area contributed by atoms with Gasteiger partial charge in [-0.2, -0.15) is 0 Å². The number of likely N-dealkylation sites (N-methyl/N-ethyl adjacent to an activating group) is 1. The van der Waals surface area contributed by atoms with E-state index in [0.29, 0.717) is 23.8 Å². The van der Waals surface area contributed by atoms with Crippen molar-refractivity contribution >= 4 is 23.3 Å². The molecule has 1 saturated heterocycles. The van der Waals surface area contributed by atoms with Crippen molar-refractivity contribution in [3.8, 4) is 0 Å². The zero-order chi connectivity index (χ0) is 17.1. The van der Waals surface area contributed by atoms with Crippen LogP contribution in [0, 0.1) is 0 Å². The molecule has 7 nitrogen and oxygen atoms in total. The van der Waals surface area contributed by atoms with E-state index in [0.717, 1.165) is 18.9 Å². The number of hydrogen-bond acceptors (Lipinski definition) is 4. The number of anilines is 1. The number of aryl methyl sites for hydroxylation is 1. The van der Waals surface area contributed by atoms with E-state index in [1.807, 2.05) is 22.7 Å². The van der Waals surface area contributed by atoms with Crippen molar-refractivity contribution in [2.45, 2.75) is 13.0 Å². The average molecular weight is 349 g/mol. The van der Waals surface area contributed by atoms with Gasteiger partial charge in [-0.1, -0.05) is 18.5 Å². The van der Waals surface area contributed by atoms with Crippen molar-refractivity contribution in [2.24, 2.45) is 7.05 Å². The Hall–Kier alpha value is -2.12. The third-order valence-electron chi connectivity index (χ3n) is 4.30. The van der Waals surface area contributed by atoms with Crippen LogP contribution in [0.5, 0.6) is 0 Å². The second-order valence-corrected chi connectivity index (χ2v) is 6.25. The van der Waals surface area contributed by atoms with E-state index in [-0.39, 0.29) is 12.1 Å². The van der Waals surface area contributed by atoms with E-state index in [2.05, 4.69) is 27.1 Å². The van der Waals surface area contributed by atoms with Crippen molar-refractivity contribution < 1.29 is 4.79 Å². The molecular formula is C16H21ClN6O. The monoisotopic (exact) mass is 348 g/mol. The molecule has 1 atom stereocenters. The highest BCUT2D eigenvalue weighted by molar-refractivity contribution is 6.30. The molecule has 0 spiro atoms. The van der Waals surface area contributed by atoms with Gasteiger partial charge in [-0.05, 0) is 12.6 Å². The second kappa shape index (κ2) is 7.19. The average Bonchev–Trinajstić information content (AvgIpc) is 3.00. The summed E-state index contributed by atoms with van der Waals surface area (Å²) < 4.78 is 2.01. The van der Waals surface area contributed by atoms with Crippen LogP contribution in [0.15, 0.2) is 30.9 Å². The quantitative estimate of drug-likeness (QED) is 0.924. The Bertz CT molecular complexity index is 718. The molecule has 0 aromatic carbocycles. The van der Waals surface area contributed by atoms with Gasteiger partial charge in [-0.3, -0.25) is 9.88 Å². The Labute approximate surface area is 146 Å². The van der Waals surface area contributed by atoms with E-state index >= 15 is 0 Å². The van der Waals surface area contributed by atoms with Gasteiger partial charge < -0.3 is 14.8 Å². The summed E-state index contributed by atoms with van der Waals surface area (Å²) in [5.41, 5.74) is 0.596. The van der Waals surface area contributed by atoms with Crippen LogP contribution in [-0.4, -0.2) is 56.5 Å². The molecule has 2 amide bonds. The lowest BCUT2D eigenvalue weighted by Crippen LogP contribution is -2.52. The van der Waals surface area contributed by atoms with Crippen LogP contribution in [0.1, 0.15) is 18.8 Å². The van der Waals surface area contributed by atoms with Crippen molar-refractivity contribution in [2.75, 3.05) is 31.5 Å². The molecule has 1 fully saturated rings. The van der Waals surface area contributed by atoms with E-state index in [1.54, 1.807) is 18.5 Å². The number of aromatic nitrogens is 3. The van der Waals surface area contributed by atoms with Crippen LogP contribution < -0.4 is 5.32 Å². The highest BCUT2D eigenvalue weighted by Crippen LogP contribution is 2.24. The van der Waals surface area contributed by atoms with Gasteiger partial charge in [0.15, 0.2) is 0 Å². The Balaban J connectivity index is 1.73. The largest absolute Gasteiger partial charge is 0.337 e. The second-order valence-electron chi connectivity index (χ2n) is 5.81. The highest BCUT2D eigenvalue weighted by Gasteiger charge is 2.32. The van der Waals surface area contributed by atoms with Crippen molar-refractivity contribution in [1.82, 2.24) is 24.3 Å². The van der Waals surface area contributed by atoms with Gasteiger partial charge in [0.05, 0.1) is 22.9 Å². The summed E-state index contributed by atoms with van der Waals surface area (Å²) in [6, 6.07) is 1.63. The number of hydrogen-bond donors (Lipinski definition) is 1. The van der Waals surface area contributed by atoms with Gasteiger partial charge in [-0.15, -0.1) is 0 Å². The number of piperazine rings is 1. The number of carbonyl (C=O) groups is 1. The zero-order valence-corrected chi connectivity index (χ0v) is 14.6. The molecular weight excluding hydrogens is 328 g/mol. The lowest BCUT2D eigenvalue weighted by molar-refractivity contribution is 0.0927. The third-order valence-corrected chi connectivity index (χ3v) is 4.50. The van der Waals surface area contributed by atoms with Gasteiger partial charge >= 0.3 is 6.03 Å². The standard InChI is InChI=1S/C16H21ClN6O/c1-3-22-6-7-23(11-14(22)15-19-4-5-21(15)2)16(24)20-13-8-12(17)9-18-10-13/h4-5,8-10,14H,3,6-7,11H2,1-2H3,(H,20,24). The van der Waals surface area contributed by atoms with Crippen LogP contribution in [0.3, 0.4) is 0 Å². The van der Waals surface area contributed by atoms with E-state index in [9.17, 15) is 4.79 Å². The summed E-state index contributed by atoms with van der Waals surface area (Å²) in [5.74, 6) is 0.971. The fraction of sp³-hybridized carbons (Fsp3) is 0.438. The molecule has 3 rings (SSSR count). The van der Waals surface area contributed by atoms with Gasteiger partial charge in [0, 0.05) is 45.3 Å². The Morgan fingerprint density at radius 3 is 2.92 bits per heavy atom. The first-order valence-electron chi connectivity index (χ1n) is 7.96.